The fraction of sp³-hybridized carbons (Fsp3) is 0.188. The van der Waals surface area contributed by atoms with Crippen LogP contribution >= 0.6 is 11.6 Å². The second-order valence-electron chi connectivity index (χ2n) is 4.92. The molecular weight excluding hydrogens is 289 g/mol. The lowest BCUT2D eigenvalue weighted by Gasteiger charge is -2.04. The van der Waals surface area contributed by atoms with Crippen molar-refractivity contribution in [3.8, 4) is 0 Å². The first-order valence-electron chi connectivity index (χ1n) is 6.77. The van der Waals surface area contributed by atoms with Gasteiger partial charge in [-0.15, -0.1) is 0 Å². The number of hydrogen-bond donors (Lipinski definition) is 1. The Hall–Kier alpha value is -1.91. The van der Waals surface area contributed by atoms with Crippen molar-refractivity contribution in [1.29, 1.82) is 0 Å². The maximum atomic E-state index is 13.4. The number of fused-ring (bicyclic) bond motifs is 1. The quantitative estimate of drug-likeness (QED) is 0.804. The van der Waals surface area contributed by atoms with Crippen LogP contribution in [-0.4, -0.2) is 15.9 Å². The number of pyridine rings is 1. The minimum atomic E-state index is -0.281. The molecule has 3 nitrogen and oxygen atoms in total. The van der Waals surface area contributed by atoms with Gasteiger partial charge in [0.25, 0.3) is 0 Å². The smallest absolute Gasteiger partial charge is 0.139 e. The number of benzene rings is 1. The molecule has 0 saturated carbocycles. The summed E-state index contributed by atoms with van der Waals surface area (Å²) in [6.45, 7) is 0.498. The molecule has 0 unspecified atom stereocenters. The number of imidazole rings is 1. The summed E-state index contributed by atoms with van der Waals surface area (Å²) in [5.41, 5.74) is 9.42. The van der Waals surface area contributed by atoms with Gasteiger partial charge in [-0.25, -0.2) is 9.37 Å². The Labute approximate surface area is 127 Å². The van der Waals surface area contributed by atoms with Crippen LogP contribution < -0.4 is 5.73 Å². The standard InChI is InChI=1S/C16H15ClFN3/c17-12-3-1-11(2-4-12)9-14-15(7-8-19)21-10-13(18)5-6-16(21)20-14/h1-6,10H,7-9,19H2. The topological polar surface area (TPSA) is 43.3 Å². The van der Waals surface area contributed by atoms with Gasteiger partial charge in [0.15, 0.2) is 0 Å². The minimum Gasteiger partial charge on any atom is -0.330 e. The summed E-state index contributed by atoms with van der Waals surface area (Å²) in [6.07, 6.45) is 2.79. The summed E-state index contributed by atoms with van der Waals surface area (Å²) < 4.78 is 15.2. The highest BCUT2D eigenvalue weighted by Gasteiger charge is 2.12. The van der Waals surface area contributed by atoms with Crippen molar-refractivity contribution in [2.45, 2.75) is 12.8 Å². The van der Waals surface area contributed by atoms with Gasteiger partial charge >= 0.3 is 0 Å². The average Bonchev–Trinajstić information content (AvgIpc) is 2.79. The highest BCUT2D eigenvalue weighted by molar-refractivity contribution is 6.30. The lowest BCUT2D eigenvalue weighted by molar-refractivity contribution is 0.617. The van der Waals surface area contributed by atoms with Crippen LogP contribution in [0.25, 0.3) is 5.65 Å². The van der Waals surface area contributed by atoms with Crippen molar-refractivity contribution < 1.29 is 4.39 Å². The second-order valence-corrected chi connectivity index (χ2v) is 5.36. The number of hydrogen-bond acceptors (Lipinski definition) is 2. The Morgan fingerprint density at radius 3 is 2.62 bits per heavy atom. The highest BCUT2D eigenvalue weighted by atomic mass is 35.5. The van der Waals surface area contributed by atoms with Crippen molar-refractivity contribution in [3.63, 3.8) is 0 Å². The molecule has 0 spiro atoms. The molecule has 5 heteroatoms. The number of nitrogens with two attached hydrogens (primary N) is 1. The molecule has 0 aliphatic carbocycles. The summed E-state index contributed by atoms with van der Waals surface area (Å²) in [7, 11) is 0. The molecule has 2 N–H and O–H groups in total. The van der Waals surface area contributed by atoms with E-state index in [4.69, 9.17) is 17.3 Å². The number of rotatable bonds is 4. The molecule has 108 valence electrons. The van der Waals surface area contributed by atoms with Gasteiger partial charge in [0.2, 0.25) is 0 Å². The Bertz CT molecular complexity index is 765. The Kier molecular flexibility index (Phi) is 3.90. The molecule has 1 aromatic carbocycles. The van der Waals surface area contributed by atoms with Crippen LogP contribution in [-0.2, 0) is 12.8 Å². The van der Waals surface area contributed by atoms with Crippen LogP contribution in [0.15, 0.2) is 42.6 Å². The molecule has 0 radical (unpaired) electrons. The van der Waals surface area contributed by atoms with E-state index in [1.807, 2.05) is 24.3 Å². The van der Waals surface area contributed by atoms with Crippen molar-refractivity contribution in [2.24, 2.45) is 5.73 Å². The van der Waals surface area contributed by atoms with Crippen LogP contribution in [0.5, 0.6) is 0 Å². The Morgan fingerprint density at radius 2 is 1.90 bits per heavy atom. The van der Waals surface area contributed by atoms with E-state index in [2.05, 4.69) is 4.98 Å². The van der Waals surface area contributed by atoms with Gasteiger partial charge < -0.3 is 10.1 Å². The predicted octanol–water partition coefficient (Wildman–Crippen LogP) is 3.22. The maximum Gasteiger partial charge on any atom is 0.139 e. The zero-order valence-corrected chi connectivity index (χ0v) is 12.1. The first-order valence-corrected chi connectivity index (χ1v) is 7.15. The van der Waals surface area contributed by atoms with Crippen LogP contribution in [0, 0.1) is 5.82 Å². The molecule has 0 amide bonds. The third-order valence-electron chi connectivity index (χ3n) is 3.43. The zero-order valence-electron chi connectivity index (χ0n) is 11.4. The normalized spacial score (nSPS) is 11.2. The number of aromatic nitrogens is 2. The largest absolute Gasteiger partial charge is 0.330 e. The lowest BCUT2D eigenvalue weighted by Crippen LogP contribution is -2.07. The first-order chi connectivity index (χ1) is 10.2. The SMILES string of the molecule is NCCc1c(Cc2ccc(Cl)cc2)nc2ccc(F)cn12. The van der Waals surface area contributed by atoms with Crippen molar-refractivity contribution in [1.82, 2.24) is 9.38 Å². The molecule has 0 aliphatic heterocycles. The highest BCUT2D eigenvalue weighted by Crippen LogP contribution is 2.19. The monoisotopic (exact) mass is 303 g/mol. The molecule has 21 heavy (non-hydrogen) atoms. The molecule has 0 atom stereocenters. The summed E-state index contributed by atoms with van der Waals surface area (Å²) in [6, 6.07) is 10.8. The van der Waals surface area contributed by atoms with Gasteiger partial charge in [0.1, 0.15) is 11.5 Å². The molecule has 2 heterocycles. The van der Waals surface area contributed by atoms with E-state index in [9.17, 15) is 4.39 Å². The molecular formula is C16H15ClFN3. The Morgan fingerprint density at radius 1 is 1.14 bits per heavy atom. The van der Waals surface area contributed by atoms with Crippen LogP contribution in [0.3, 0.4) is 0 Å². The fourth-order valence-corrected chi connectivity index (χ4v) is 2.58. The van der Waals surface area contributed by atoms with Crippen LogP contribution in [0.1, 0.15) is 17.0 Å². The minimum absolute atomic E-state index is 0.281. The van der Waals surface area contributed by atoms with E-state index >= 15 is 0 Å². The van der Waals surface area contributed by atoms with Gasteiger partial charge in [0.05, 0.1) is 5.69 Å². The van der Waals surface area contributed by atoms with Crippen molar-refractivity contribution >= 4 is 17.2 Å². The van der Waals surface area contributed by atoms with E-state index in [0.717, 1.165) is 22.6 Å². The van der Waals surface area contributed by atoms with Gasteiger partial charge in [-0.2, -0.15) is 0 Å². The predicted molar refractivity (Wildman–Crippen MR) is 82.2 cm³/mol. The molecule has 0 bridgehead atoms. The van der Waals surface area contributed by atoms with Gasteiger partial charge in [-0.05, 0) is 36.4 Å². The molecule has 0 fully saturated rings. The summed E-state index contributed by atoms with van der Waals surface area (Å²) in [4.78, 5) is 4.60. The second kappa shape index (κ2) is 5.84. The van der Waals surface area contributed by atoms with Crippen molar-refractivity contribution in [3.05, 3.63) is 70.4 Å². The number of halogens is 2. The van der Waals surface area contributed by atoms with Crippen molar-refractivity contribution in [2.75, 3.05) is 6.54 Å². The third kappa shape index (κ3) is 2.91. The summed E-state index contributed by atoms with van der Waals surface area (Å²) in [5.74, 6) is -0.281. The van der Waals surface area contributed by atoms with Crippen LogP contribution in [0.4, 0.5) is 4.39 Å². The van der Waals surface area contributed by atoms with Crippen LogP contribution in [0.2, 0.25) is 5.02 Å². The van der Waals surface area contributed by atoms with E-state index in [0.29, 0.717) is 24.4 Å². The molecule has 3 rings (SSSR count). The van der Waals surface area contributed by atoms with E-state index in [1.54, 1.807) is 10.5 Å². The first kappa shape index (κ1) is 14.0. The fourth-order valence-electron chi connectivity index (χ4n) is 2.45. The maximum absolute atomic E-state index is 13.4. The lowest BCUT2D eigenvalue weighted by atomic mass is 10.1. The average molecular weight is 304 g/mol. The Balaban J connectivity index is 2.04. The molecule has 0 aliphatic rings. The van der Waals surface area contributed by atoms with E-state index in [1.165, 1.54) is 12.3 Å². The van der Waals surface area contributed by atoms with Gasteiger partial charge in [-0.1, -0.05) is 23.7 Å². The van der Waals surface area contributed by atoms with E-state index < -0.39 is 0 Å². The number of nitrogens with zero attached hydrogens (tertiary/aromatic N) is 2. The third-order valence-corrected chi connectivity index (χ3v) is 3.68. The van der Waals surface area contributed by atoms with Gasteiger partial charge in [0, 0.05) is 29.8 Å². The summed E-state index contributed by atoms with van der Waals surface area (Å²) in [5, 5.41) is 0.706. The van der Waals surface area contributed by atoms with Gasteiger partial charge in [-0.3, -0.25) is 0 Å². The van der Waals surface area contributed by atoms with E-state index in [-0.39, 0.29) is 5.82 Å². The molecule has 2 aromatic heterocycles. The summed E-state index contributed by atoms with van der Waals surface area (Å²) >= 11 is 5.90. The molecule has 3 aromatic rings. The zero-order chi connectivity index (χ0) is 14.8. The molecule has 0 saturated heterocycles.